The Labute approximate surface area is 158 Å². The fourth-order valence-corrected chi connectivity index (χ4v) is 4.55. The van der Waals surface area contributed by atoms with Gasteiger partial charge in [0.2, 0.25) is 0 Å². The molecule has 132 valence electrons. The molecule has 25 heavy (non-hydrogen) atoms. The van der Waals surface area contributed by atoms with Crippen LogP contribution in [0.4, 0.5) is 5.69 Å². The SMILES string of the molecule is CN(C)C(=O)c1ccc(NC(=S)NC2(c3cccs3)CCCC2)cc1. The molecule has 0 spiro atoms. The van der Waals surface area contributed by atoms with E-state index in [9.17, 15) is 4.79 Å². The smallest absolute Gasteiger partial charge is 0.253 e. The molecule has 1 aliphatic carbocycles. The lowest BCUT2D eigenvalue weighted by Crippen LogP contribution is -2.45. The van der Waals surface area contributed by atoms with Gasteiger partial charge in [0.25, 0.3) is 5.91 Å². The highest BCUT2D eigenvalue weighted by Crippen LogP contribution is 2.40. The minimum atomic E-state index is -0.0426. The van der Waals surface area contributed by atoms with E-state index in [0.29, 0.717) is 10.7 Å². The molecule has 4 nitrogen and oxygen atoms in total. The number of amides is 1. The van der Waals surface area contributed by atoms with Crippen LogP contribution in [0, 0.1) is 0 Å². The summed E-state index contributed by atoms with van der Waals surface area (Å²) in [5.41, 5.74) is 1.51. The van der Waals surface area contributed by atoms with Crippen molar-refractivity contribution in [3.63, 3.8) is 0 Å². The summed E-state index contributed by atoms with van der Waals surface area (Å²) in [6.07, 6.45) is 4.64. The van der Waals surface area contributed by atoms with Gasteiger partial charge in [0.1, 0.15) is 0 Å². The number of hydrogen-bond acceptors (Lipinski definition) is 3. The lowest BCUT2D eigenvalue weighted by atomic mass is 9.96. The molecule has 2 aromatic rings. The first-order valence-electron chi connectivity index (χ1n) is 8.45. The van der Waals surface area contributed by atoms with Gasteiger partial charge in [-0.3, -0.25) is 4.79 Å². The van der Waals surface area contributed by atoms with Crippen LogP contribution in [0.3, 0.4) is 0 Å². The van der Waals surface area contributed by atoms with E-state index in [1.54, 1.807) is 30.3 Å². The first-order chi connectivity index (χ1) is 12.0. The number of hydrogen-bond donors (Lipinski definition) is 2. The first kappa shape index (κ1) is 17.9. The van der Waals surface area contributed by atoms with Crippen LogP contribution in [0.1, 0.15) is 40.9 Å². The molecule has 0 radical (unpaired) electrons. The van der Waals surface area contributed by atoms with Gasteiger partial charge in [0.05, 0.1) is 5.54 Å². The van der Waals surface area contributed by atoms with Crippen molar-refractivity contribution in [2.24, 2.45) is 0 Å². The zero-order valence-electron chi connectivity index (χ0n) is 14.5. The fraction of sp³-hybridized carbons (Fsp3) is 0.368. The number of carbonyl (C=O) groups is 1. The Morgan fingerprint density at radius 1 is 1.16 bits per heavy atom. The van der Waals surface area contributed by atoms with Crippen LogP contribution in [-0.2, 0) is 5.54 Å². The van der Waals surface area contributed by atoms with E-state index in [0.717, 1.165) is 18.5 Å². The molecular formula is C19H23N3OS2. The lowest BCUT2D eigenvalue weighted by molar-refractivity contribution is 0.0827. The van der Waals surface area contributed by atoms with Crippen molar-refractivity contribution < 1.29 is 4.79 Å². The monoisotopic (exact) mass is 373 g/mol. The fourth-order valence-electron chi connectivity index (χ4n) is 3.30. The highest BCUT2D eigenvalue weighted by Gasteiger charge is 2.37. The van der Waals surface area contributed by atoms with Crippen LogP contribution < -0.4 is 10.6 Å². The zero-order valence-corrected chi connectivity index (χ0v) is 16.2. The molecule has 1 heterocycles. The Morgan fingerprint density at radius 3 is 2.40 bits per heavy atom. The van der Waals surface area contributed by atoms with E-state index < -0.39 is 0 Å². The minimum Gasteiger partial charge on any atom is -0.352 e. The summed E-state index contributed by atoms with van der Waals surface area (Å²) in [6, 6.07) is 11.7. The normalized spacial score (nSPS) is 15.6. The number of thiocarbonyl (C=S) groups is 1. The molecule has 1 amide bonds. The summed E-state index contributed by atoms with van der Waals surface area (Å²) in [6.45, 7) is 0. The standard InChI is InChI=1S/C19H23N3OS2/c1-22(2)17(23)14-7-9-15(10-8-14)20-18(24)21-19(11-3-4-12-19)16-6-5-13-25-16/h5-10,13H,3-4,11-12H2,1-2H3,(H2,20,21,24). The third kappa shape index (κ3) is 4.02. The van der Waals surface area contributed by atoms with E-state index in [-0.39, 0.29) is 11.4 Å². The van der Waals surface area contributed by atoms with Gasteiger partial charge in [-0.25, -0.2) is 0 Å². The predicted octanol–water partition coefficient (Wildman–Crippen LogP) is 4.21. The number of nitrogens with one attached hydrogen (secondary N) is 2. The summed E-state index contributed by atoms with van der Waals surface area (Å²) < 4.78 is 0. The van der Waals surface area contributed by atoms with E-state index in [2.05, 4.69) is 28.1 Å². The maximum absolute atomic E-state index is 12.0. The average molecular weight is 374 g/mol. The van der Waals surface area contributed by atoms with Gasteiger partial charge in [-0.15, -0.1) is 11.3 Å². The molecule has 0 unspecified atom stereocenters. The van der Waals surface area contributed by atoms with Crippen LogP contribution in [0.15, 0.2) is 41.8 Å². The highest BCUT2D eigenvalue weighted by atomic mass is 32.1. The van der Waals surface area contributed by atoms with Gasteiger partial charge in [0, 0.05) is 30.2 Å². The van der Waals surface area contributed by atoms with E-state index in [4.69, 9.17) is 12.2 Å². The van der Waals surface area contributed by atoms with Gasteiger partial charge in [-0.05, 0) is 60.8 Å². The van der Waals surface area contributed by atoms with E-state index in [1.165, 1.54) is 17.7 Å². The molecular weight excluding hydrogens is 350 g/mol. The van der Waals surface area contributed by atoms with Crippen LogP contribution in [0.5, 0.6) is 0 Å². The summed E-state index contributed by atoms with van der Waals surface area (Å²) in [5.74, 6) is -0.00476. The molecule has 1 aromatic carbocycles. The summed E-state index contributed by atoms with van der Waals surface area (Å²) >= 11 is 7.33. The topological polar surface area (TPSA) is 44.4 Å². The number of rotatable bonds is 4. The molecule has 0 aliphatic heterocycles. The van der Waals surface area contributed by atoms with Gasteiger partial charge in [0.15, 0.2) is 5.11 Å². The Kier molecular flexibility index (Phi) is 5.39. The summed E-state index contributed by atoms with van der Waals surface area (Å²) in [5, 5.41) is 9.55. The Balaban J connectivity index is 1.67. The number of nitrogens with zero attached hydrogens (tertiary/aromatic N) is 1. The lowest BCUT2D eigenvalue weighted by Gasteiger charge is -2.31. The number of carbonyl (C=O) groups excluding carboxylic acids is 1. The third-order valence-electron chi connectivity index (χ3n) is 4.60. The average Bonchev–Trinajstić information content (AvgIpc) is 3.26. The van der Waals surface area contributed by atoms with Crippen molar-refractivity contribution >= 4 is 40.3 Å². The van der Waals surface area contributed by atoms with Gasteiger partial charge >= 0.3 is 0 Å². The second-order valence-corrected chi connectivity index (χ2v) is 7.98. The number of anilines is 1. The van der Waals surface area contributed by atoms with E-state index >= 15 is 0 Å². The quantitative estimate of drug-likeness (QED) is 0.788. The summed E-state index contributed by atoms with van der Waals surface area (Å²) in [4.78, 5) is 14.9. The second kappa shape index (κ2) is 7.54. The highest BCUT2D eigenvalue weighted by molar-refractivity contribution is 7.80. The Bertz CT molecular complexity index is 733. The van der Waals surface area contributed by atoms with Crippen molar-refractivity contribution in [1.82, 2.24) is 10.2 Å². The molecule has 1 aliphatic rings. The zero-order chi connectivity index (χ0) is 17.9. The number of thiophene rings is 1. The molecule has 1 aromatic heterocycles. The van der Waals surface area contributed by atoms with Crippen LogP contribution in [0.25, 0.3) is 0 Å². The minimum absolute atomic E-state index is 0.00476. The van der Waals surface area contributed by atoms with Crippen molar-refractivity contribution in [1.29, 1.82) is 0 Å². The maximum Gasteiger partial charge on any atom is 0.253 e. The third-order valence-corrected chi connectivity index (χ3v) is 5.88. The molecule has 2 N–H and O–H groups in total. The van der Waals surface area contributed by atoms with Crippen LogP contribution in [0.2, 0.25) is 0 Å². The van der Waals surface area contributed by atoms with Crippen molar-refractivity contribution in [2.45, 2.75) is 31.2 Å². The number of benzene rings is 1. The second-order valence-electron chi connectivity index (χ2n) is 6.62. The first-order valence-corrected chi connectivity index (χ1v) is 9.74. The van der Waals surface area contributed by atoms with Crippen LogP contribution in [-0.4, -0.2) is 30.0 Å². The Hall–Kier alpha value is -1.92. The Morgan fingerprint density at radius 2 is 1.84 bits per heavy atom. The molecule has 0 bridgehead atoms. The molecule has 0 saturated heterocycles. The molecule has 3 rings (SSSR count). The summed E-state index contributed by atoms with van der Waals surface area (Å²) in [7, 11) is 3.50. The van der Waals surface area contributed by atoms with E-state index in [1.807, 2.05) is 24.3 Å². The molecule has 0 atom stereocenters. The molecule has 1 saturated carbocycles. The largest absolute Gasteiger partial charge is 0.352 e. The van der Waals surface area contributed by atoms with Gasteiger partial charge in [-0.1, -0.05) is 18.9 Å². The van der Waals surface area contributed by atoms with Crippen LogP contribution >= 0.6 is 23.6 Å². The van der Waals surface area contributed by atoms with Crippen molar-refractivity contribution in [3.8, 4) is 0 Å². The molecule has 6 heteroatoms. The maximum atomic E-state index is 12.0. The van der Waals surface area contributed by atoms with Gasteiger partial charge in [-0.2, -0.15) is 0 Å². The van der Waals surface area contributed by atoms with Gasteiger partial charge < -0.3 is 15.5 Å². The molecule has 1 fully saturated rings. The van der Waals surface area contributed by atoms with Crippen molar-refractivity contribution in [3.05, 3.63) is 52.2 Å². The van der Waals surface area contributed by atoms with Crippen molar-refractivity contribution in [2.75, 3.05) is 19.4 Å². The predicted molar refractivity (Wildman–Crippen MR) is 108 cm³/mol.